The molecule has 0 unspecified atom stereocenters. The van der Waals surface area contributed by atoms with Gasteiger partial charge in [-0.25, -0.2) is 8.42 Å². The van der Waals surface area contributed by atoms with Gasteiger partial charge in [0.25, 0.3) is 10.0 Å². The van der Waals surface area contributed by atoms with E-state index in [4.69, 9.17) is 0 Å². The SMILES string of the molecule is CCNC(=O)CNC(=O)[C@@H](N=C1NS(=O)(=O)c2ccccc21)C(C)C. The lowest BCUT2D eigenvalue weighted by molar-refractivity contribution is -0.127. The lowest BCUT2D eigenvalue weighted by Crippen LogP contribution is -2.43. The van der Waals surface area contributed by atoms with Gasteiger partial charge >= 0.3 is 0 Å². The fourth-order valence-corrected chi connectivity index (χ4v) is 3.65. The van der Waals surface area contributed by atoms with Crippen molar-refractivity contribution >= 4 is 27.7 Å². The summed E-state index contributed by atoms with van der Waals surface area (Å²) in [6, 6.07) is 5.63. The summed E-state index contributed by atoms with van der Waals surface area (Å²) in [5.41, 5.74) is 0.435. The molecule has 0 aromatic heterocycles. The maximum atomic E-state index is 12.4. The molecule has 3 N–H and O–H groups in total. The van der Waals surface area contributed by atoms with Gasteiger partial charge < -0.3 is 10.6 Å². The van der Waals surface area contributed by atoms with Gasteiger partial charge in [0, 0.05) is 12.1 Å². The van der Waals surface area contributed by atoms with Gasteiger partial charge in [-0.05, 0) is 25.0 Å². The molecule has 25 heavy (non-hydrogen) atoms. The Morgan fingerprint density at radius 1 is 1.20 bits per heavy atom. The van der Waals surface area contributed by atoms with Gasteiger partial charge in [0.2, 0.25) is 11.8 Å². The Kier molecular flexibility index (Phi) is 5.78. The molecule has 1 aromatic carbocycles. The number of nitrogens with zero attached hydrogens (tertiary/aromatic N) is 1. The van der Waals surface area contributed by atoms with Crippen molar-refractivity contribution in [2.75, 3.05) is 13.1 Å². The van der Waals surface area contributed by atoms with E-state index in [-0.39, 0.29) is 29.1 Å². The molecule has 0 bridgehead atoms. The number of sulfonamides is 1. The van der Waals surface area contributed by atoms with Gasteiger partial charge in [-0.15, -0.1) is 0 Å². The third-order valence-corrected chi connectivity index (χ3v) is 5.03. The number of benzene rings is 1. The fraction of sp³-hybridized carbons (Fsp3) is 0.438. The van der Waals surface area contributed by atoms with Crippen molar-refractivity contribution in [3.63, 3.8) is 0 Å². The molecule has 1 aliphatic rings. The molecular weight excluding hydrogens is 344 g/mol. The molecule has 136 valence electrons. The van der Waals surface area contributed by atoms with Crippen LogP contribution in [0.1, 0.15) is 26.3 Å². The molecule has 1 heterocycles. The minimum absolute atomic E-state index is 0.138. The number of fused-ring (bicyclic) bond motifs is 1. The van der Waals surface area contributed by atoms with Gasteiger partial charge in [-0.3, -0.25) is 19.3 Å². The van der Waals surface area contributed by atoms with Crippen LogP contribution in [0.3, 0.4) is 0 Å². The molecule has 0 spiro atoms. The van der Waals surface area contributed by atoms with Crippen molar-refractivity contribution in [2.24, 2.45) is 10.9 Å². The number of hydrogen-bond donors (Lipinski definition) is 3. The maximum absolute atomic E-state index is 12.4. The van der Waals surface area contributed by atoms with Crippen LogP contribution in [0.25, 0.3) is 0 Å². The van der Waals surface area contributed by atoms with E-state index in [2.05, 4.69) is 20.3 Å². The first-order valence-electron chi connectivity index (χ1n) is 8.00. The van der Waals surface area contributed by atoms with Crippen LogP contribution in [0.4, 0.5) is 0 Å². The van der Waals surface area contributed by atoms with Crippen LogP contribution < -0.4 is 15.4 Å². The number of amides is 2. The van der Waals surface area contributed by atoms with E-state index in [9.17, 15) is 18.0 Å². The Balaban J connectivity index is 2.23. The normalized spacial score (nSPS) is 17.7. The Labute approximate surface area is 147 Å². The highest BCUT2D eigenvalue weighted by atomic mass is 32.2. The Hall–Kier alpha value is -2.42. The van der Waals surface area contributed by atoms with Crippen molar-refractivity contribution in [1.29, 1.82) is 0 Å². The second kappa shape index (κ2) is 7.64. The standard InChI is InChI=1S/C16H22N4O4S/c1-4-17-13(21)9-18-16(22)14(10(2)3)19-15-11-7-5-6-8-12(11)25(23,24)20-15/h5-8,10,14H,4,9H2,1-3H3,(H,17,21)(H,18,22)(H,19,20)/t14-/m0/s1. The van der Waals surface area contributed by atoms with Crippen LogP contribution in [0.15, 0.2) is 34.2 Å². The molecule has 2 amide bonds. The lowest BCUT2D eigenvalue weighted by Gasteiger charge is -2.17. The van der Waals surface area contributed by atoms with Crippen molar-refractivity contribution < 1.29 is 18.0 Å². The van der Waals surface area contributed by atoms with Crippen LogP contribution in [0.2, 0.25) is 0 Å². The second-order valence-corrected chi connectivity index (χ2v) is 7.59. The van der Waals surface area contributed by atoms with Crippen LogP contribution in [-0.4, -0.2) is 45.2 Å². The van der Waals surface area contributed by atoms with Crippen LogP contribution in [-0.2, 0) is 19.6 Å². The molecule has 1 aliphatic heterocycles. The fourth-order valence-electron chi connectivity index (χ4n) is 2.41. The number of nitrogens with one attached hydrogen (secondary N) is 3. The number of hydrogen-bond acceptors (Lipinski definition) is 5. The van der Waals surface area contributed by atoms with Crippen molar-refractivity contribution in [2.45, 2.75) is 31.7 Å². The van der Waals surface area contributed by atoms with Crippen LogP contribution >= 0.6 is 0 Å². The smallest absolute Gasteiger partial charge is 0.263 e. The highest BCUT2D eigenvalue weighted by Gasteiger charge is 2.32. The summed E-state index contributed by atoms with van der Waals surface area (Å²) in [5, 5.41) is 5.12. The van der Waals surface area contributed by atoms with Crippen molar-refractivity contribution in [3.05, 3.63) is 29.8 Å². The Morgan fingerprint density at radius 2 is 1.88 bits per heavy atom. The largest absolute Gasteiger partial charge is 0.355 e. The summed E-state index contributed by atoms with van der Waals surface area (Å²) in [7, 11) is -3.66. The summed E-state index contributed by atoms with van der Waals surface area (Å²) < 4.78 is 26.6. The number of carbonyl (C=O) groups is 2. The number of rotatable bonds is 6. The van der Waals surface area contributed by atoms with E-state index in [1.54, 1.807) is 39.0 Å². The van der Waals surface area contributed by atoms with Crippen LogP contribution in [0, 0.1) is 5.92 Å². The zero-order valence-electron chi connectivity index (χ0n) is 14.4. The van der Waals surface area contributed by atoms with Gasteiger partial charge in [0.05, 0.1) is 11.4 Å². The van der Waals surface area contributed by atoms with Crippen LogP contribution in [0.5, 0.6) is 0 Å². The van der Waals surface area contributed by atoms with Gasteiger partial charge in [-0.1, -0.05) is 26.0 Å². The molecule has 0 radical (unpaired) electrons. The minimum Gasteiger partial charge on any atom is -0.355 e. The summed E-state index contributed by atoms with van der Waals surface area (Å²) in [5.74, 6) is -0.767. The average molecular weight is 366 g/mol. The zero-order valence-corrected chi connectivity index (χ0v) is 15.2. The summed E-state index contributed by atoms with van der Waals surface area (Å²) in [6.07, 6.45) is 0. The number of amidine groups is 1. The summed E-state index contributed by atoms with van der Waals surface area (Å²) >= 11 is 0. The summed E-state index contributed by atoms with van der Waals surface area (Å²) in [6.45, 7) is 5.71. The molecule has 0 saturated carbocycles. The van der Waals surface area contributed by atoms with Gasteiger partial charge in [0.1, 0.15) is 11.9 Å². The van der Waals surface area contributed by atoms with E-state index in [0.717, 1.165) is 0 Å². The first-order valence-corrected chi connectivity index (χ1v) is 9.49. The number of carbonyl (C=O) groups excluding carboxylic acids is 2. The molecule has 1 atom stereocenters. The Bertz CT molecular complexity index is 802. The molecular formula is C16H22N4O4S. The number of aliphatic imine (C=N–C) groups is 1. The third-order valence-electron chi connectivity index (χ3n) is 3.63. The minimum atomic E-state index is -3.66. The predicted molar refractivity (Wildman–Crippen MR) is 93.6 cm³/mol. The highest BCUT2D eigenvalue weighted by molar-refractivity contribution is 7.90. The zero-order chi connectivity index (χ0) is 18.6. The number of likely N-dealkylation sites (N-methyl/N-ethyl adjacent to an activating group) is 1. The maximum Gasteiger partial charge on any atom is 0.263 e. The van der Waals surface area contributed by atoms with Gasteiger partial charge in [0.15, 0.2) is 0 Å². The predicted octanol–water partition coefficient (Wildman–Crippen LogP) is 0.00200. The topological polar surface area (TPSA) is 117 Å². The first kappa shape index (κ1) is 18.9. The first-order chi connectivity index (χ1) is 11.8. The molecule has 2 rings (SSSR count). The van der Waals surface area contributed by atoms with E-state index in [1.165, 1.54) is 6.07 Å². The van der Waals surface area contributed by atoms with Gasteiger partial charge in [-0.2, -0.15) is 0 Å². The van der Waals surface area contributed by atoms with E-state index in [0.29, 0.717) is 12.1 Å². The summed E-state index contributed by atoms with van der Waals surface area (Å²) in [4.78, 5) is 28.3. The monoisotopic (exact) mass is 366 g/mol. The van der Waals surface area contributed by atoms with E-state index < -0.39 is 22.0 Å². The lowest BCUT2D eigenvalue weighted by atomic mass is 10.0. The second-order valence-electron chi connectivity index (χ2n) is 5.94. The highest BCUT2D eigenvalue weighted by Crippen LogP contribution is 2.23. The molecule has 8 nitrogen and oxygen atoms in total. The average Bonchev–Trinajstić information content (AvgIpc) is 2.81. The van der Waals surface area contributed by atoms with Crippen molar-refractivity contribution in [1.82, 2.24) is 15.4 Å². The molecule has 0 saturated heterocycles. The quantitative estimate of drug-likeness (QED) is 0.657. The Morgan fingerprint density at radius 3 is 2.52 bits per heavy atom. The third kappa shape index (κ3) is 4.36. The van der Waals surface area contributed by atoms with E-state index >= 15 is 0 Å². The molecule has 0 aliphatic carbocycles. The van der Waals surface area contributed by atoms with E-state index in [1.807, 2.05) is 0 Å². The molecule has 1 aromatic rings. The molecule has 0 fully saturated rings. The molecule has 9 heteroatoms. The van der Waals surface area contributed by atoms with Crippen molar-refractivity contribution in [3.8, 4) is 0 Å².